The normalized spacial score (nSPS) is 10.4. The molecule has 0 aromatic heterocycles. The number of hydrogen-bond acceptors (Lipinski definition) is 0. The minimum atomic E-state index is 1.03. The Labute approximate surface area is 123 Å². The first-order chi connectivity index (χ1) is 9.69. The van der Waals surface area contributed by atoms with Crippen LogP contribution in [0.15, 0.2) is 73.3 Å². The van der Waals surface area contributed by atoms with Gasteiger partial charge in [0.15, 0.2) is 0 Å². The predicted molar refractivity (Wildman–Crippen MR) is 91.5 cm³/mol. The number of allylic oxidation sites excluding steroid dienone is 3. The molecule has 0 N–H and O–H groups in total. The van der Waals surface area contributed by atoms with E-state index in [2.05, 4.69) is 69.8 Å². The Balaban J connectivity index is 0.000000200. The first kappa shape index (κ1) is 16.0. The van der Waals surface area contributed by atoms with Crippen LogP contribution in [0.2, 0.25) is 0 Å². The maximum absolute atomic E-state index is 3.94. The highest BCUT2D eigenvalue weighted by Crippen LogP contribution is 2.13. The van der Waals surface area contributed by atoms with E-state index in [0.717, 1.165) is 6.42 Å². The van der Waals surface area contributed by atoms with Gasteiger partial charge in [-0.2, -0.15) is 0 Å². The summed E-state index contributed by atoms with van der Waals surface area (Å²) < 4.78 is 0. The summed E-state index contributed by atoms with van der Waals surface area (Å²) in [6, 6.07) is 20.7. The van der Waals surface area contributed by atoms with E-state index < -0.39 is 0 Å². The van der Waals surface area contributed by atoms with Crippen LogP contribution >= 0.6 is 0 Å². The molecule has 0 amide bonds. The second-order valence-electron chi connectivity index (χ2n) is 4.66. The molecule has 0 nitrogen and oxygen atoms in total. The Hall–Kier alpha value is -2.08. The topological polar surface area (TPSA) is 0 Å². The summed E-state index contributed by atoms with van der Waals surface area (Å²) in [5, 5.41) is 0. The molecule has 20 heavy (non-hydrogen) atoms. The van der Waals surface area contributed by atoms with Crippen LogP contribution < -0.4 is 0 Å². The third-order valence-corrected chi connectivity index (χ3v) is 3.27. The molecule has 0 aliphatic heterocycles. The van der Waals surface area contributed by atoms with Crippen molar-refractivity contribution in [3.63, 3.8) is 0 Å². The van der Waals surface area contributed by atoms with Gasteiger partial charge in [-0.3, -0.25) is 0 Å². The second-order valence-corrected chi connectivity index (χ2v) is 4.66. The molecule has 0 spiro atoms. The third-order valence-electron chi connectivity index (χ3n) is 3.27. The molecule has 0 heteroatoms. The molecule has 2 aromatic rings. The number of rotatable bonds is 3. The van der Waals surface area contributed by atoms with Crippen molar-refractivity contribution < 1.29 is 0 Å². The monoisotopic (exact) mass is 264 g/mol. The van der Waals surface area contributed by atoms with Crippen molar-refractivity contribution in [2.24, 2.45) is 0 Å². The van der Waals surface area contributed by atoms with Gasteiger partial charge in [0.2, 0.25) is 0 Å². The van der Waals surface area contributed by atoms with Crippen LogP contribution in [0.4, 0.5) is 0 Å². The van der Waals surface area contributed by atoms with Crippen LogP contribution in [0, 0.1) is 0 Å². The van der Waals surface area contributed by atoms with Crippen LogP contribution in [0.5, 0.6) is 0 Å². The van der Waals surface area contributed by atoms with E-state index in [4.69, 9.17) is 0 Å². The largest absolute Gasteiger partial charge is 0.0952 e. The summed E-state index contributed by atoms with van der Waals surface area (Å²) in [5.74, 6) is 0. The third kappa shape index (κ3) is 5.27. The van der Waals surface area contributed by atoms with Crippen molar-refractivity contribution in [1.29, 1.82) is 0 Å². The highest BCUT2D eigenvalue weighted by molar-refractivity contribution is 5.63. The Bertz CT molecular complexity index is 533. The minimum absolute atomic E-state index is 1.03. The molecule has 104 valence electrons. The highest BCUT2D eigenvalue weighted by Gasteiger charge is 1.91. The van der Waals surface area contributed by atoms with E-state index in [1.54, 1.807) is 0 Å². The summed E-state index contributed by atoms with van der Waals surface area (Å²) in [7, 11) is 0. The van der Waals surface area contributed by atoms with Crippen molar-refractivity contribution >= 4 is 11.1 Å². The maximum Gasteiger partial charge on any atom is -0.0231 e. The molecule has 0 fully saturated rings. The van der Waals surface area contributed by atoms with Crippen LogP contribution in [-0.2, 0) is 0 Å². The van der Waals surface area contributed by atoms with E-state index in [9.17, 15) is 0 Å². The number of benzene rings is 2. The summed E-state index contributed by atoms with van der Waals surface area (Å²) in [4.78, 5) is 0. The molecule has 0 aliphatic carbocycles. The van der Waals surface area contributed by atoms with E-state index in [1.165, 1.54) is 22.3 Å². The van der Waals surface area contributed by atoms with Crippen LogP contribution in [0.3, 0.4) is 0 Å². The average Bonchev–Trinajstić information content (AvgIpc) is 2.55. The Kier molecular flexibility index (Phi) is 7.13. The fourth-order valence-electron chi connectivity index (χ4n) is 1.75. The second kappa shape index (κ2) is 8.92. The van der Waals surface area contributed by atoms with Gasteiger partial charge in [0.25, 0.3) is 0 Å². The first-order valence-corrected chi connectivity index (χ1v) is 7.10. The van der Waals surface area contributed by atoms with Gasteiger partial charge >= 0.3 is 0 Å². The molecule has 0 saturated heterocycles. The molecule has 2 aromatic carbocycles. The van der Waals surface area contributed by atoms with Gasteiger partial charge in [0.1, 0.15) is 0 Å². The van der Waals surface area contributed by atoms with Gasteiger partial charge in [-0.15, -0.1) is 0 Å². The number of hydrogen-bond donors (Lipinski definition) is 0. The van der Waals surface area contributed by atoms with Crippen molar-refractivity contribution in [2.75, 3.05) is 0 Å². The SMILES string of the molecule is C/C=C(\C)c1ccccc1.C=C(CC)c1ccccc1. The molecule has 0 atom stereocenters. The van der Waals surface area contributed by atoms with Gasteiger partial charge in [-0.25, -0.2) is 0 Å². The van der Waals surface area contributed by atoms with Crippen molar-refractivity contribution in [3.8, 4) is 0 Å². The lowest BCUT2D eigenvalue weighted by atomic mass is 10.1. The molecular formula is C20H24. The van der Waals surface area contributed by atoms with E-state index in [1.807, 2.05) is 24.3 Å². The van der Waals surface area contributed by atoms with Gasteiger partial charge in [-0.1, -0.05) is 80.2 Å². The molecule has 0 saturated carbocycles. The van der Waals surface area contributed by atoms with Crippen LogP contribution in [0.25, 0.3) is 11.1 Å². The minimum Gasteiger partial charge on any atom is -0.0952 e. The van der Waals surface area contributed by atoms with Crippen molar-refractivity contribution in [3.05, 3.63) is 84.4 Å². The zero-order valence-electron chi connectivity index (χ0n) is 12.8. The molecular weight excluding hydrogens is 240 g/mol. The Morgan fingerprint density at radius 2 is 1.35 bits per heavy atom. The molecule has 0 bridgehead atoms. The van der Waals surface area contributed by atoms with Crippen molar-refractivity contribution in [2.45, 2.75) is 27.2 Å². The predicted octanol–water partition coefficient (Wildman–Crippen LogP) is 6.22. The van der Waals surface area contributed by atoms with Gasteiger partial charge in [0.05, 0.1) is 0 Å². The Morgan fingerprint density at radius 1 is 0.900 bits per heavy atom. The van der Waals surface area contributed by atoms with Gasteiger partial charge < -0.3 is 0 Å². The standard InChI is InChI=1S/2C10H12/c2*1-3-9(2)10-7-5-4-6-8-10/h3-8H,1-2H3;4-8H,2-3H2,1H3/b9-3+;. The first-order valence-electron chi connectivity index (χ1n) is 7.10. The lowest BCUT2D eigenvalue weighted by Crippen LogP contribution is -1.77. The van der Waals surface area contributed by atoms with E-state index >= 15 is 0 Å². The molecule has 0 heterocycles. The molecule has 2 rings (SSSR count). The zero-order chi connectivity index (χ0) is 14.8. The van der Waals surface area contributed by atoms with Gasteiger partial charge in [-0.05, 0) is 42.5 Å². The lowest BCUT2D eigenvalue weighted by Gasteiger charge is -1.99. The average molecular weight is 264 g/mol. The van der Waals surface area contributed by atoms with Crippen molar-refractivity contribution in [1.82, 2.24) is 0 Å². The fraction of sp³-hybridized carbons (Fsp3) is 0.200. The summed E-state index contributed by atoms with van der Waals surface area (Å²) in [5.41, 5.74) is 5.11. The van der Waals surface area contributed by atoms with Gasteiger partial charge in [0, 0.05) is 0 Å². The molecule has 0 unspecified atom stereocenters. The lowest BCUT2D eigenvalue weighted by molar-refractivity contribution is 1.24. The van der Waals surface area contributed by atoms with Crippen LogP contribution in [-0.4, -0.2) is 0 Å². The zero-order valence-corrected chi connectivity index (χ0v) is 12.8. The van der Waals surface area contributed by atoms with Crippen LogP contribution in [0.1, 0.15) is 38.3 Å². The summed E-state index contributed by atoms with van der Waals surface area (Å²) in [6.45, 7) is 10.2. The molecule has 0 aliphatic rings. The quantitative estimate of drug-likeness (QED) is 0.617. The Morgan fingerprint density at radius 3 is 1.75 bits per heavy atom. The fourth-order valence-corrected chi connectivity index (χ4v) is 1.75. The van der Waals surface area contributed by atoms with E-state index in [0.29, 0.717) is 0 Å². The smallest absolute Gasteiger partial charge is 0.0231 e. The van der Waals surface area contributed by atoms with E-state index in [-0.39, 0.29) is 0 Å². The maximum atomic E-state index is 3.94. The molecule has 0 radical (unpaired) electrons. The summed E-state index contributed by atoms with van der Waals surface area (Å²) in [6.07, 6.45) is 3.15. The summed E-state index contributed by atoms with van der Waals surface area (Å²) >= 11 is 0. The highest BCUT2D eigenvalue weighted by atomic mass is 14.0.